The monoisotopic (exact) mass is 175 g/mol. The van der Waals surface area contributed by atoms with E-state index in [0.717, 1.165) is 11.0 Å². The highest BCUT2D eigenvalue weighted by Crippen LogP contribution is 2.11. The highest BCUT2D eigenvalue weighted by molar-refractivity contribution is 5.96. The standard InChI is InChI=1S/C9H9N3O/c1-5(13)7-3-8-9(12-7)4-10-6(2)11-8/h3-4,12H,1-2H3. The summed E-state index contributed by atoms with van der Waals surface area (Å²) in [7, 11) is 0. The zero-order chi connectivity index (χ0) is 9.42. The number of hydrogen-bond acceptors (Lipinski definition) is 3. The zero-order valence-corrected chi connectivity index (χ0v) is 7.46. The smallest absolute Gasteiger partial charge is 0.176 e. The Kier molecular flexibility index (Phi) is 1.62. The van der Waals surface area contributed by atoms with Gasteiger partial charge in [-0.15, -0.1) is 0 Å². The maximum absolute atomic E-state index is 11.0. The van der Waals surface area contributed by atoms with Gasteiger partial charge in [-0.2, -0.15) is 0 Å². The summed E-state index contributed by atoms with van der Waals surface area (Å²) in [6.07, 6.45) is 1.68. The minimum Gasteiger partial charge on any atom is -0.350 e. The van der Waals surface area contributed by atoms with Crippen LogP contribution in [0.15, 0.2) is 12.3 Å². The Morgan fingerprint density at radius 2 is 2.31 bits per heavy atom. The molecule has 0 bridgehead atoms. The largest absolute Gasteiger partial charge is 0.350 e. The van der Waals surface area contributed by atoms with Gasteiger partial charge in [-0.3, -0.25) is 4.79 Å². The minimum absolute atomic E-state index is 0.00986. The molecule has 0 saturated heterocycles. The highest BCUT2D eigenvalue weighted by atomic mass is 16.1. The van der Waals surface area contributed by atoms with E-state index in [2.05, 4.69) is 15.0 Å². The number of H-pyrrole nitrogens is 1. The Bertz CT molecular complexity index is 473. The maximum Gasteiger partial charge on any atom is 0.176 e. The van der Waals surface area contributed by atoms with E-state index in [1.54, 1.807) is 12.3 Å². The second kappa shape index (κ2) is 2.65. The van der Waals surface area contributed by atoms with E-state index >= 15 is 0 Å². The van der Waals surface area contributed by atoms with E-state index < -0.39 is 0 Å². The molecule has 0 aliphatic rings. The van der Waals surface area contributed by atoms with Gasteiger partial charge in [0.05, 0.1) is 22.9 Å². The van der Waals surface area contributed by atoms with E-state index in [9.17, 15) is 4.79 Å². The number of Topliss-reactive ketones (excluding diaryl/α,β-unsaturated/α-hetero) is 1. The van der Waals surface area contributed by atoms with Crippen LogP contribution in [0.25, 0.3) is 11.0 Å². The van der Waals surface area contributed by atoms with Crippen molar-refractivity contribution >= 4 is 16.8 Å². The van der Waals surface area contributed by atoms with E-state index in [-0.39, 0.29) is 5.78 Å². The van der Waals surface area contributed by atoms with Gasteiger partial charge in [0.25, 0.3) is 0 Å². The normalized spacial score (nSPS) is 10.6. The molecular weight excluding hydrogens is 166 g/mol. The Labute approximate surface area is 75.0 Å². The lowest BCUT2D eigenvalue weighted by Gasteiger charge is -1.89. The van der Waals surface area contributed by atoms with Crippen molar-refractivity contribution in [2.45, 2.75) is 13.8 Å². The number of aryl methyl sites for hydroxylation is 1. The summed E-state index contributed by atoms with van der Waals surface area (Å²) in [5.74, 6) is 0.720. The summed E-state index contributed by atoms with van der Waals surface area (Å²) in [6, 6.07) is 1.74. The molecule has 0 fully saturated rings. The molecule has 0 unspecified atom stereocenters. The van der Waals surface area contributed by atoms with E-state index in [4.69, 9.17) is 0 Å². The quantitative estimate of drug-likeness (QED) is 0.667. The molecule has 0 aromatic carbocycles. The fourth-order valence-electron chi connectivity index (χ4n) is 1.20. The van der Waals surface area contributed by atoms with Crippen LogP contribution in [0.2, 0.25) is 0 Å². The van der Waals surface area contributed by atoms with Gasteiger partial charge in [-0.1, -0.05) is 0 Å². The molecule has 0 atom stereocenters. The molecule has 0 saturated carbocycles. The summed E-state index contributed by atoms with van der Waals surface area (Å²) >= 11 is 0. The Morgan fingerprint density at radius 3 is 3.00 bits per heavy atom. The summed E-state index contributed by atoms with van der Waals surface area (Å²) in [5.41, 5.74) is 2.17. The predicted molar refractivity (Wildman–Crippen MR) is 48.6 cm³/mol. The fraction of sp³-hybridized carbons (Fsp3) is 0.222. The van der Waals surface area contributed by atoms with Gasteiger partial charge in [-0.25, -0.2) is 9.97 Å². The van der Waals surface area contributed by atoms with Crippen molar-refractivity contribution in [3.8, 4) is 0 Å². The predicted octanol–water partition coefficient (Wildman–Crippen LogP) is 1.47. The molecule has 0 spiro atoms. The Morgan fingerprint density at radius 1 is 1.54 bits per heavy atom. The van der Waals surface area contributed by atoms with Crippen LogP contribution in [0.1, 0.15) is 23.2 Å². The fourth-order valence-corrected chi connectivity index (χ4v) is 1.20. The molecule has 2 aromatic heterocycles. The van der Waals surface area contributed by atoms with Crippen molar-refractivity contribution in [2.24, 2.45) is 0 Å². The van der Waals surface area contributed by atoms with Crippen LogP contribution in [-0.4, -0.2) is 20.7 Å². The molecule has 2 rings (SSSR count). The number of aromatic amines is 1. The molecule has 4 nitrogen and oxygen atoms in total. The lowest BCUT2D eigenvalue weighted by Crippen LogP contribution is -1.89. The van der Waals surface area contributed by atoms with Gasteiger partial charge >= 0.3 is 0 Å². The highest BCUT2D eigenvalue weighted by Gasteiger charge is 2.05. The molecule has 0 aliphatic carbocycles. The third-order valence-corrected chi connectivity index (χ3v) is 1.87. The van der Waals surface area contributed by atoms with Gasteiger partial charge in [0.15, 0.2) is 5.78 Å². The summed E-state index contributed by atoms with van der Waals surface area (Å²) in [5, 5.41) is 0. The number of carbonyl (C=O) groups is 1. The zero-order valence-electron chi connectivity index (χ0n) is 7.46. The van der Waals surface area contributed by atoms with Crippen LogP contribution < -0.4 is 0 Å². The number of hydrogen-bond donors (Lipinski definition) is 1. The number of nitrogens with zero attached hydrogens (tertiary/aromatic N) is 2. The molecule has 0 amide bonds. The molecule has 2 aromatic rings. The van der Waals surface area contributed by atoms with Crippen LogP contribution in [0.5, 0.6) is 0 Å². The molecule has 4 heteroatoms. The number of carbonyl (C=O) groups excluding carboxylic acids is 1. The van der Waals surface area contributed by atoms with Crippen LogP contribution in [0.3, 0.4) is 0 Å². The third-order valence-electron chi connectivity index (χ3n) is 1.87. The van der Waals surface area contributed by atoms with E-state index in [1.807, 2.05) is 6.92 Å². The second-order valence-electron chi connectivity index (χ2n) is 2.96. The van der Waals surface area contributed by atoms with Crippen molar-refractivity contribution in [3.63, 3.8) is 0 Å². The first kappa shape index (κ1) is 7.91. The first-order valence-corrected chi connectivity index (χ1v) is 4.00. The van der Waals surface area contributed by atoms with Crippen LogP contribution in [0, 0.1) is 6.92 Å². The average Bonchev–Trinajstić information content (AvgIpc) is 2.46. The molecule has 2 heterocycles. The van der Waals surface area contributed by atoms with Crippen molar-refractivity contribution in [3.05, 3.63) is 23.8 Å². The number of fused-ring (bicyclic) bond motifs is 1. The molecule has 1 N–H and O–H groups in total. The van der Waals surface area contributed by atoms with Gasteiger partial charge in [0.1, 0.15) is 5.82 Å². The van der Waals surface area contributed by atoms with Crippen molar-refractivity contribution in [2.75, 3.05) is 0 Å². The summed E-state index contributed by atoms with van der Waals surface area (Å²) in [4.78, 5) is 22.2. The molecule has 66 valence electrons. The molecular formula is C9H9N3O. The van der Waals surface area contributed by atoms with E-state index in [1.165, 1.54) is 6.92 Å². The number of aromatic nitrogens is 3. The number of rotatable bonds is 1. The van der Waals surface area contributed by atoms with Crippen LogP contribution in [0.4, 0.5) is 0 Å². The first-order chi connectivity index (χ1) is 6.16. The second-order valence-corrected chi connectivity index (χ2v) is 2.96. The minimum atomic E-state index is 0.00986. The molecule has 0 radical (unpaired) electrons. The van der Waals surface area contributed by atoms with Gasteiger partial charge in [0, 0.05) is 6.92 Å². The lowest BCUT2D eigenvalue weighted by molar-refractivity contribution is 0.101. The van der Waals surface area contributed by atoms with Crippen LogP contribution >= 0.6 is 0 Å². The number of nitrogens with one attached hydrogen (secondary N) is 1. The van der Waals surface area contributed by atoms with Crippen LogP contribution in [-0.2, 0) is 0 Å². The number of ketones is 1. The maximum atomic E-state index is 11.0. The Hall–Kier alpha value is -1.71. The summed E-state index contributed by atoms with van der Waals surface area (Å²) < 4.78 is 0. The van der Waals surface area contributed by atoms with Crippen molar-refractivity contribution in [1.29, 1.82) is 0 Å². The van der Waals surface area contributed by atoms with Gasteiger partial charge in [0.2, 0.25) is 0 Å². The lowest BCUT2D eigenvalue weighted by atomic mass is 10.3. The van der Waals surface area contributed by atoms with E-state index in [0.29, 0.717) is 11.5 Å². The van der Waals surface area contributed by atoms with Gasteiger partial charge < -0.3 is 4.98 Å². The van der Waals surface area contributed by atoms with Gasteiger partial charge in [-0.05, 0) is 13.0 Å². The van der Waals surface area contributed by atoms with Crippen molar-refractivity contribution < 1.29 is 4.79 Å². The molecule has 0 aliphatic heterocycles. The first-order valence-electron chi connectivity index (χ1n) is 4.00. The summed E-state index contributed by atoms with van der Waals surface area (Å²) in [6.45, 7) is 3.34. The molecule has 13 heavy (non-hydrogen) atoms. The third kappa shape index (κ3) is 1.30. The SMILES string of the molecule is CC(=O)c1cc2nc(C)ncc2[nH]1. The van der Waals surface area contributed by atoms with Crippen molar-refractivity contribution in [1.82, 2.24) is 15.0 Å². The Balaban J connectivity index is 2.68. The average molecular weight is 175 g/mol. The topological polar surface area (TPSA) is 58.6 Å².